The third-order valence-electron chi connectivity index (χ3n) is 3.82. The van der Waals surface area contributed by atoms with Gasteiger partial charge in [-0.1, -0.05) is 11.6 Å². The summed E-state index contributed by atoms with van der Waals surface area (Å²) in [6.45, 7) is 8.56. The zero-order valence-electron chi connectivity index (χ0n) is 10.8. The van der Waals surface area contributed by atoms with Gasteiger partial charge in [0.25, 0.3) is 0 Å². The molecule has 2 aliphatic rings. The third-order valence-corrected chi connectivity index (χ3v) is 4.09. The number of β-amino-alcohol motifs (C(OH)–C–C–N with tert-alkyl or cyclic N) is 1. The van der Waals surface area contributed by atoms with Crippen LogP contribution in [0.15, 0.2) is 0 Å². The Morgan fingerprint density at radius 2 is 2.20 bits per heavy atom. The van der Waals surface area contributed by atoms with Crippen molar-refractivity contribution in [2.45, 2.75) is 31.3 Å². The van der Waals surface area contributed by atoms with Crippen molar-refractivity contribution in [2.24, 2.45) is 0 Å². The fourth-order valence-corrected chi connectivity index (χ4v) is 2.92. The van der Waals surface area contributed by atoms with Crippen molar-refractivity contribution in [1.29, 1.82) is 5.26 Å². The SMILES string of the molecule is [C-]#[N+]c1c(N2CCC(O)C2)nc(Cl)c(C#N)c1C1CC1. The summed E-state index contributed by atoms with van der Waals surface area (Å²) in [5.74, 6) is 0.767. The van der Waals surface area contributed by atoms with E-state index in [-0.39, 0.29) is 11.1 Å². The molecule has 1 N–H and O–H groups in total. The van der Waals surface area contributed by atoms with Gasteiger partial charge < -0.3 is 10.0 Å². The average molecular weight is 289 g/mol. The van der Waals surface area contributed by atoms with Crippen LogP contribution in [-0.4, -0.2) is 29.3 Å². The standard InChI is InChI=1S/C14H13ClN4O/c1-17-12-11(8-2-3-8)10(6-16)13(15)18-14(12)19-5-4-9(20)7-19/h8-9,20H,2-5,7H2. The molecule has 3 rings (SSSR count). The molecule has 2 heterocycles. The summed E-state index contributed by atoms with van der Waals surface area (Å²) in [5, 5.41) is 19.1. The van der Waals surface area contributed by atoms with Crippen LogP contribution < -0.4 is 4.90 Å². The molecule has 1 saturated heterocycles. The van der Waals surface area contributed by atoms with Gasteiger partial charge >= 0.3 is 0 Å². The Hall–Kier alpha value is -1.82. The van der Waals surface area contributed by atoms with Gasteiger partial charge in [0.05, 0.1) is 18.2 Å². The number of aliphatic hydroxyl groups excluding tert-OH is 1. The van der Waals surface area contributed by atoms with E-state index in [4.69, 9.17) is 18.2 Å². The monoisotopic (exact) mass is 288 g/mol. The van der Waals surface area contributed by atoms with Gasteiger partial charge in [-0.25, -0.2) is 9.83 Å². The minimum Gasteiger partial charge on any atom is -0.391 e. The highest BCUT2D eigenvalue weighted by Gasteiger charge is 2.34. The molecule has 1 atom stereocenters. The fourth-order valence-electron chi connectivity index (χ4n) is 2.69. The van der Waals surface area contributed by atoms with Gasteiger partial charge in [-0.05, 0) is 30.7 Å². The lowest BCUT2D eigenvalue weighted by Gasteiger charge is -2.21. The average Bonchev–Trinajstić information content (AvgIpc) is 3.19. The first-order valence-electron chi connectivity index (χ1n) is 6.59. The van der Waals surface area contributed by atoms with Crippen LogP contribution >= 0.6 is 11.6 Å². The molecule has 1 aromatic heterocycles. The third kappa shape index (κ3) is 2.10. The molecule has 0 spiro atoms. The van der Waals surface area contributed by atoms with E-state index in [1.54, 1.807) is 0 Å². The Bertz CT molecular complexity index is 642. The highest BCUT2D eigenvalue weighted by Crippen LogP contribution is 2.50. The van der Waals surface area contributed by atoms with Crippen LogP contribution in [0.4, 0.5) is 11.5 Å². The van der Waals surface area contributed by atoms with E-state index in [0.717, 1.165) is 18.4 Å². The van der Waals surface area contributed by atoms with Crippen molar-refractivity contribution in [3.63, 3.8) is 0 Å². The van der Waals surface area contributed by atoms with E-state index < -0.39 is 6.10 Å². The van der Waals surface area contributed by atoms with E-state index in [0.29, 0.717) is 36.6 Å². The van der Waals surface area contributed by atoms with E-state index in [2.05, 4.69) is 15.9 Å². The Morgan fingerprint density at radius 1 is 1.45 bits per heavy atom. The smallest absolute Gasteiger partial charge is 0.233 e. The topological polar surface area (TPSA) is 64.5 Å². The first-order valence-corrected chi connectivity index (χ1v) is 6.97. The summed E-state index contributed by atoms with van der Waals surface area (Å²) in [7, 11) is 0. The number of aromatic nitrogens is 1. The van der Waals surface area contributed by atoms with Crippen molar-refractivity contribution >= 4 is 23.1 Å². The van der Waals surface area contributed by atoms with Crippen LogP contribution in [0.1, 0.15) is 36.3 Å². The van der Waals surface area contributed by atoms with E-state index >= 15 is 0 Å². The van der Waals surface area contributed by atoms with Gasteiger partial charge in [0, 0.05) is 13.1 Å². The largest absolute Gasteiger partial charge is 0.391 e. The molecule has 0 amide bonds. The summed E-state index contributed by atoms with van der Waals surface area (Å²) in [4.78, 5) is 9.74. The summed E-state index contributed by atoms with van der Waals surface area (Å²) in [6, 6.07) is 2.08. The molecule has 1 saturated carbocycles. The number of nitriles is 1. The summed E-state index contributed by atoms with van der Waals surface area (Å²) < 4.78 is 0. The minimum atomic E-state index is -0.394. The van der Waals surface area contributed by atoms with E-state index in [1.165, 1.54) is 0 Å². The maximum absolute atomic E-state index is 9.65. The zero-order valence-corrected chi connectivity index (χ0v) is 11.6. The van der Waals surface area contributed by atoms with Gasteiger partial charge in [-0.15, -0.1) is 0 Å². The molecule has 6 heteroatoms. The highest BCUT2D eigenvalue weighted by molar-refractivity contribution is 6.31. The first kappa shape index (κ1) is 13.2. The Labute approximate surface area is 122 Å². The Kier molecular flexibility index (Phi) is 3.25. The maximum atomic E-state index is 9.65. The number of rotatable bonds is 2. The second-order valence-electron chi connectivity index (χ2n) is 5.25. The predicted molar refractivity (Wildman–Crippen MR) is 75.0 cm³/mol. The number of anilines is 1. The fraction of sp³-hybridized carbons (Fsp3) is 0.500. The van der Waals surface area contributed by atoms with Crippen LogP contribution in [0, 0.1) is 17.9 Å². The molecule has 20 heavy (non-hydrogen) atoms. The van der Waals surface area contributed by atoms with Gasteiger partial charge in [-0.3, -0.25) is 0 Å². The molecule has 1 aliphatic heterocycles. The molecule has 2 fully saturated rings. The van der Waals surface area contributed by atoms with Gasteiger partial charge in [-0.2, -0.15) is 5.26 Å². The molecular formula is C14H13ClN4O. The molecule has 1 aromatic rings. The Balaban J connectivity index is 2.16. The lowest BCUT2D eigenvalue weighted by atomic mass is 10.0. The number of hydrogen-bond donors (Lipinski definition) is 1. The van der Waals surface area contributed by atoms with E-state index in [1.807, 2.05) is 4.90 Å². The van der Waals surface area contributed by atoms with Gasteiger partial charge in [0.2, 0.25) is 5.69 Å². The van der Waals surface area contributed by atoms with E-state index in [9.17, 15) is 10.4 Å². The second kappa shape index (κ2) is 4.94. The van der Waals surface area contributed by atoms with Crippen LogP contribution in [0.3, 0.4) is 0 Å². The summed E-state index contributed by atoms with van der Waals surface area (Å²) in [5.41, 5.74) is 1.52. The number of nitrogens with zero attached hydrogens (tertiary/aromatic N) is 4. The number of aliphatic hydroxyl groups is 1. The number of hydrogen-bond acceptors (Lipinski definition) is 4. The summed E-state index contributed by atoms with van der Waals surface area (Å²) in [6.07, 6.45) is 2.24. The molecule has 5 nitrogen and oxygen atoms in total. The zero-order chi connectivity index (χ0) is 14.3. The molecular weight excluding hydrogens is 276 g/mol. The molecule has 0 bridgehead atoms. The minimum absolute atomic E-state index is 0.165. The number of halogens is 1. The number of pyridine rings is 1. The summed E-state index contributed by atoms with van der Waals surface area (Å²) >= 11 is 6.12. The van der Waals surface area contributed by atoms with Gasteiger partial charge in [0.15, 0.2) is 0 Å². The van der Waals surface area contributed by atoms with Crippen molar-refractivity contribution in [3.8, 4) is 6.07 Å². The second-order valence-corrected chi connectivity index (χ2v) is 5.61. The van der Waals surface area contributed by atoms with Crippen LogP contribution in [-0.2, 0) is 0 Å². The highest BCUT2D eigenvalue weighted by atomic mass is 35.5. The molecule has 102 valence electrons. The maximum Gasteiger partial charge on any atom is 0.233 e. The lowest BCUT2D eigenvalue weighted by molar-refractivity contribution is 0.198. The van der Waals surface area contributed by atoms with Crippen LogP contribution in [0.5, 0.6) is 0 Å². The van der Waals surface area contributed by atoms with Crippen molar-refractivity contribution in [1.82, 2.24) is 4.98 Å². The normalized spacial score (nSPS) is 21.6. The molecule has 0 aromatic carbocycles. The van der Waals surface area contributed by atoms with Crippen LogP contribution in [0.25, 0.3) is 4.85 Å². The van der Waals surface area contributed by atoms with Crippen molar-refractivity contribution in [2.75, 3.05) is 18.0 Å². The van der Waals surface area contributed by atoms with Gasteiger partial charge in [0.1, 0.15) is 17.0 Å². The molecule has 0 radical (unpaired) electrons. The Morgan fingerprint density at radius 3 is 2.70 bits per heavy atom. The van der Waals surface area contributed by atoms with Crippen LogP contribution in [0.2, 0.25) is 5.15 Å². The predicted octanol–water partition coefficient (Wildman–Crippen LogP) is 2.61. The quantitative estimate of drug-likeness (QED) is 0.671. The lowest BCUT2D eigenvalue weighted by Crippen LogP contribution is -2.23. The van der Waals surface area contributed by atoms with Crippen molar-refractivity contribution in [3.05, 3.63) is 27.7 Å². The molecule has 1 unspecified atom stereocenters. The molecule has 1 aliphatic carbocycles. The first-order chi connectivity index (χ1) is 9.65. The van der Waals surface area contributed by atoms with Crippen molar-refractivity contribution < 1.29 is 5.11 Å².